The lowest BCUT2D eigenvalue weighted by atomic mass is 9.73. The molecule has 0 aliphatic carbocycles. The van der Waals surface area contributed by atoms with Crippen LogP contribution in [0.25, 0.3) is 10.9 Å². The Kier molecular flexibility index (Phi) is 8.88. The van der Waals surface area contributed by atoms with Crippen LogP contribution in [0.2, 0.25) is 10.0 Å². The van der Waals surface area contributed by atoms with E-state index in [0.29, 0.717) is 67.3 Å². The van der Waals surface area contributed by atoms with Gasteiger partial charge in [0.25, 0.3) is 0 Å². The van der Waals surface area contributed by atoms with Crippen LogP contribution in [0.4, 0.5) is 4.39 Å². The van der Waals surface area contributed by atoms with Crippen molar-refractivity contribution >= 4 is 40.0 Å². The van der Waals surface area contributed by atoms with Crippen LogP contribution in [0.3, 0.4) is 0 Å². The smallest absolute Gasteiger partial charge is 0.249 e. The Morgan fingerprint density at radius 3 is 2.73 bits per heavy atom. The van der Waals surface area contributed by atoms with Crippen molar-refractivity contribution in [2.45, 2.75) is 32.1 Å². The maximum Gasteiger partial charge on any atom is 0.249 e. The van der Waals surface area contributed by atoms with Crippen LogP contribution in [0.1, 0.15) is 36.8 Å². The number of halogens is 3. The zero-order valence-electron chi connectivity index (χ0n) is 20.5. The van der Waals surface area contributed by atoms with Crippen molar-refractivity contribution in [1.29, 1.82) is 0 Å². The van der Waals surface area contributed by atoms with Crippen molar-refractivity contribution in [1.82, 2.24) is 15.4 Å². The highest BCUT2D eigenvalue weighted by Crippen LogP contribution is 2.38. The lowest BCUT2D eigenvalue weighted by molar-refractivity contribution is -0.143. The first-order valence-corrected chi connectivity index (χ1v) is 12.8. The number of fused-ring (bicyclic) bond motifs is 1. The summed E-state index contributed by atoms with van der Waals surface area (Å²) >= 11 is 12.4. The van der Waals surface area contributed by atoms with E-state index in [0.717, 1.165) is 22.2 Å². The number of nitrogens with zero attached hydrogens (tertiary/aromatic N) is 2. The monoisotopic (exact) mass is 543 g/mol. The summed E-state index contributed by atoms with van der Waals surface area (Å²) in [7, 11) is 1.62. The molecule has 194 valence electrons. The molecule has 1 aromatic heterocycles. The molecule has 1 amide bonds. The van der Waals surface area contributed by atoms with Crippen LogP contribution in [0, 0.1) is 23.1 Å². The molecule has 37 heavy (non-hydrogen) atoms. The fourth-order valence-electron chi connectivity index (χ4n) is 4.91. The van der Waals surface area contributed by atoms with Gasteiger partial charge in [0.1, 0.15) is 11.6 Å². The Morgan fingerprint density at radius 2 is 2.03 bits per heavy atom. The van der Waals surface area contributed by atoms with Gasteiger partial charge in [-0.25, -0.2) is 9.87 Å². The number of hydrogen-bond donors (Lipinski definition) is 2. The number of hydroxylamine groups is 1. The molecular formula is C28H28Cl2FN3O3. The lowest BCUT2D eigenvalue weighted by Crippen LogP contribution is -2.48. The molecule has 2 N–H and O–H groups in total. The number of benzene rings is 2. The first-order valence-electron chi connectivity index (χ1n) is 12.1. The number of methoxy groups -OCH3 is 1. The van der Waals surface area contributed by atoms with Gasteiger partial charge in [-0.05, 0) is 74.1 Å². The van der Waals surface area contributed by atoms with Gasteiger partial charge in [-0.3, -0.25) is 19.9 Å². The highest BCUT2D eigenvalue weighted by Gasteiger charge is 2.40. The Labute approximate surface area is 225 Å². The van der Waals surface area contributed by atoms with Gasteiger partial charge in [-0.1, -0.05) is 35.0 Å². The largest absolute Gasteiger partial charge is 0.497 e. The average molecular weight is 544 g/mol. The molecule has 3 aromatic rings. The van der Waals surface area contributed by atoms with Gasteiger partial charge in [-0.2, -0.15) is 0 Å². The number of amides is 1. The maximum absolute atomic E-state index is 13.5. The number of ether oxygens (including phenoxy) is 1. The van der Waals surface area contributed by atoms with Crippen molar-refractivity contribution in [3.8, 4) is 17.6 Å². The number of pyridine rings is 1. The summed E-state index contributed by atoms with van der Waals surface area (Å²) < 4.78 is 18.9. The van der Waals surface area contributed by atoms with Crippen LogP contribution >= 0.6 is 23.2 Å². The molecule has 0 radical (unpaired) electrons. The summed E-state index contributed by atoms with van der Waals surface area (Å²) in [6, 6.07) is 9.90. The molecule has 4 rings (SSSR count). The number of aromatic nitrogens is 1. The number of hydrogen-bond acceptors (Lipinski definition) is 5. The van der Waals surface area contributed by atoms with Gasteiger partial charge >= 0.3 is 0 Å². The molecule has 0 atom stereocenters. The summed E-state index contributed by atoms with van der Waals surface area (Å²) in [5.74, 6) is 5.95. The minimum atomic E-state index is -0.679. The number of carbonyl (C=O) groups excluding carboxylic acids is 1. The van der Waals surface area contributed by atoms with Crippen LogP contribution < -0.4 is 10.2 Å². The summed E-state index contributed by atoms with van der Waals surface area (Å²) in [5, 5.41) is 11.3. The van der Waals surface area contributed by atoms with Crippen molar-refractivity contribution in [2.24, 2.45) is 5.41 Å². The quantitative estimate of drug-likeness (QED) is 0.229. The molecule has 2 aromatic carbocycles. The summed E-state index contributed by atoms with van der Waals surface area (Å²) in [6.07, 6.45) is 4.81. The van der Waals surface area contributed by atoms with Crippen molar-refractivity contribution in [3.05, 3.63) is 69.6 Å². The van der Waals surface area contributed by atoms with Crippen molar-refractivity contribution in [2.75, 3.05) is 26.7 Å². The van der Waals surface area contributed by atoms with Gasteiger partial charge in [0, 0.05) is 35.3 Å². The number of piperidine rings is 1. The van der Waals surface area contributed by atoms with E-state index in [2.05, 4.69) is 21.7 Å². The Morgan fingerprint density at radius 1 is 1.24 bits per heavy atom. The predicted octanol–water partition coefficient (Wildman–Crippen LogP) is 5.65. The minimum absolute atomic E-state index is 0.308. The van der Waals surface area contributed by atoms with Gasteiger partial charge in [-0.15, -0.1) is 0 Å². The van der Waals surface area contributed by atoms with E-state index in [9.17, 15) is 14.4 Å². The first-order chi connectivity index (χ1) is 17.8. The van der Waals surface area contributed by atoms with Crippen LogP contribution in [0.15, 0.2) is 42.6 Å². The van der Waals surface area contributed by atoms with Crippen LogP contribution in [-0.4, -0.2) is 47.7 Å². The lowest BCUT2D eigenvalue weighted by Gasteiger charge is -2.39. The fraction of sp³-hybridized carbons (Fsp3) is 0.357. The number of nitrogens with one attached hydrogen (secondary N) is 1. The van der Waals surface area contributed by atoms with E-state index in [4.69, 9.17) is 27.9 Å². The zero-order chi connectivity index (χ0) is 26.4. The predicted molar refractivity (Wildman–Crippen MR) is 143 cm³/mol. The number of aryl methyl sites for hydroxylation is 1. The molecule has 2 heterocycles. The molecule has 0 saturated carbocycles. The van der Waals surface area contributed by atoms with Gasteiger partial charge < -0.3 is 4.74 Å². The zero-order valence-corrected chi connectivity index (χ0v) is 22.0. The molecule has 1 fully saturated rings. The third-order valence-electron chi connectivity index (χ3n) is 7.01. The second kappa shape index (κ2) is 12.1. The molecule has 0 bridgehead atoms. The number of likely N-dealkylation sites (tertiary alicyclic amines) is 1. The van der Waals surface area contributed by atoms with E-state index in [1.165, 1.54) is 12.1 Å². The van der Waals surface area contributed by atoms with E-state index < -0.39 is 11.2 Å². The maximum atomic E-state index is 13.5. The minimum Gasteiger partial charge on any atom is -0.497 e. The van der Waals surface area contributed by atoms with Gasteiger partial charge in [0.2, 0.25) is 5.91 Å². The molecule has 0 unspecified atom stereocenters. The highest BCUT2D eigenvalue weighted by atomic mass is 35.5. The Bertz CT molecular complexity index is 1330. The third-order valence-corrected chi connectivity index (χ3v) is 7.55. The second-order valence-electron chi connectivity index (χ2n) is 9.28. The number of rotatable bonds is 7. The number of carbonyl (C=O) groups is 1. The van der Waals surface area contributed by atoms with Gasteiger partial charge in [0.15, 0.2) is 0 Å². The second-order valence-corrected chi connectivity index (χ2v) is 10.1. The summed E-state index contributed by atoms with van der Waals surface area (Å²) in [5.41, 5.74) is 3.53. The van der Waals surface area contributed by atoms with Crippen molar-refractivity contribution in [3.63, 3.8) is 0 Å². The molecule has 1 aliphatic heterocycles. The molecule has 1 saturated heterocycles. The van der Waals surface area contributed by atoms with E-state index in [1.807, 2.05) is 23.7 Å². The third kappa shape index (κ3) is 6.52. The topological polar surface area (TPSA) is 74.7 Å². The van der Waals surface area contributed by atoms with Crippen molar-refractivity contribution < 1.29 is 19.1 Å². The van der Waals surface area contributed by atoms with Crippen LogP contribution in [0.5, 0.6) is 5.75 Å². The first kappa shape index (κ1) is 27.2. The average Bonchev–Trinajstić information content (AvgIpc) is 2.89. The molecule has 0 spiro atoms. The molecular weight excluding hydrogens is 516 g/mol. The Hall–Kier alpha value is -2.89. The SMILES string of the molecule is COc1ccc2ncc(Cl)c(CCCC3(C(=O)NO)CCN(CC#Cc4cc(F)cc(Cl)c4)CC3)c2c1. The summed E-state index contributed by atoms with van der Waals surface area (Å²) in [6.45, 7) is 1.80. The van der Waals surface area contributed by atoms with E-state index >= 15 is 0 Å². The van der Waals surface area contributed by atoms with Gasteiger partial charge in [0.05, 0.1) is 29.6 Å². The summed E-state index contributed by atoms with van der Waals surface area (Å²) in [4.78, 5) is 19.3. The van der Waals surface area contributed by atoms with E-state index in [1.54, 1.807) is 19.4 Å². The molecule has 9 heteroatoms. The normalized spacial score (nSPS) is 15.2. The van der Waals surface area contributed by atoms with Crippen LogP contribution in [-0.2, 0) is 11.2 Å². The standard InChI is InChI=1S/C28H28Cl2FN3O3/c1-37-22-6-7-26-24(17-22)23(25(30)18-32-26)5-2-8-28(27(35)33-36)9-12-34(13-10-28)11-3-4-19-14-20(29)16-21(31)15-19/h6-7,14-18,36H,2,5,8-13H2,1H3,(H,33,35). The molecule has 6 nitrogen and oxygen atoms in total. The molecule has 1 aliphatic rings. The Balaban J connectivity index is 1.40. The van der Waals surface area contributed by atoms with E-state index in [-0.39, 0.29) is 5.91 Å². The highest BCUT2D eigenvalue weighted by molar-refractivity contribution is 6.32. The fourth-order valence-corrected chi connectivity index (χ4v) is 5.38.